The summed E-state index contributed by atoms with van der Waals surface area (Å²) in [5, 5.41) is 0. The van der Waals surface area contributed by atoms with Crippen LogP contribution < -0.4 is 14.9 Å². The molecule has 0 amide bonds. The summed E-state index contributed by atoms with van der Waals surface area (Å²) < 4.78 is 0. The van der Waals surface area contributed by atoms with Crippen LogP contribution in [0.1, 0.15) is 22.8 Å². The van der Waals surface area contributed by atoms with Crippen LogP contribution in [0.25, 0.3) is 79.8 Å². The molecule has 0 atom stereocenters. The molecular formula is C50H33N5Zn. The van der Waals surface area contributed by atoms with E-state index in [9.17, 15) is 0 Å². The van der Waals surface area contributed by atoms with Gasteiger partial charge in [0.1, 0.15) is 0 Å². The molecule has 10 rings (SSSR count). The fraction of sp³-hybridized carbons (Fsp3) is 0. The second-order valence-corrected chi connectivity index (χ2v) is 13.4. The number of hydrogen-bond acceptors (Lipinski definition) is 3. The van der Waals surface area contributed by atoms with Crippen molar-refractivity contribution in [2.24, 2.45) is 0 Å². The van der Waals surface area contributed by atoms with Gasteiger partial charge in [-0.3, -0.25) is 0 Å². The number of fused-ring (bicyclic) bond motifs is 8. The van der Waals surface area contributed by atoms with Crippen molar-refractivity contribution in [3.63, 3.8) is 0 Å². The van der Waals surface area contributed by atoms with Crippen LogP contribution in [0.15, 0.2) is 176 Å². The van der Waals surface area contributed by atoms with Crippen LogP contribution in [0.2, 0.25) is 0 Å². The van der Waals surface area contributed by atoms with Gasteiger partial charge in [-0.05, 0) is 82.0 Å². The fourth-order valence-corrected chi connectivity index (χ4v) is 7.56. The molecular weight excluding hydrogens is 736 g/mol. The molecule has 0 saturated heterocycles. The first-order valence-electron chi connectivity index (χ1n) is 18.4. The maximum atomic E-state index is 5.46. The molecule has 6 heteroatoms. The van der Waals surface area contributed by atoms with Gasteiger partial charge in [-0.2, -0.15) is 0 Å². The van der Waals surface area contributed by atoms with Gasteiger partial charge in [0.05, 0.1) is 28.5 Å². The number of aromatic nitrogens is 4. The predicted molar refractivity (Wildman–Crippen MR) is 228 cm³/mol. The van der Waals surface area contributed by atoms with Gasteiger partial charge in [0.15, 0.2) is 0 Å². The standard InChI is InChI=1S/C50H33N5.Zn/c1-6-16-34(17-7-1)47-39-26-28-41(51-39)48(35-18-8-2-9-19-35)43-30-32-45(53-43)50(55(37-22-12-4-13-23-37)38-24-14-5-15-25-38)46-33-31-44(54-46)49(36-20-10-3-11-21-36)42-29-27-40(47)52-42;/h1-33H;/q-2;+2. The molecule has 0 N–H and O–H groups in total. The molecule has 2 aliphatic heterocycles. The Kier molecular flexibility index (Phi) is 9.40. The molecule has 2 aliphatic rings. The number of para-hydroxylation sites is 2. The minimum Gasteiger partial charge on any atom is -0.657 e. The number of anilines is 3. The average molecular weight is 769 g/mol. The van der Waals surface area contributed by atoms with E-state index in [1.165, 1.54) is 0 Å². The Labute approximate surface area is 338 Å². The van der Waals surface area contributed by atoms with Gasteiger partial charge in [0.2, 0.25) is 0 Å². The zero-order chi connectivity index (χ0) is 36.6. The summed E-state index contributed by atoms with van der Waals surface area (Å²) in [6.45, 7) is 0. The zero-order valence-corrected chi connectivity index (χ0v) is 33.5. The Balaban J connectivity index is 0.00000410. The van der Waals surface area contributed by atoms with Crippen LogP contribution >= 0.6 is 0 Å². The molecule has 260 valence electrons. The quantitative estimate of drug-likeness (QED) is 0.158. The second kappa shape index (κ2) is 15.1. The summed E-state index contributed by atoms with van der Waals surface area (Å²) in [4.78, 5) is 23.9. The van der Waals surface area contributed by atoms with E-state index in [1.807, 2.05) is 30.3 Å². The molecule has 0 saturated carbocycles. The van der Waals surface area contributed by atoms with E-state index in [4.69, 9.17) is 19.9 Å². The second-order valence-electron chi connectivity index (χ2n) is 13.4. The van der Waals surface area contributed by atoms with E-state index < -0.39 is 0 Å². The first-order valence-corrected chi connectivity index (χ1v) is 18.4. The Morgan fingerprint density at radius 1 is 0.321 bits per heavy atom. The SMILES string of the molecule is C1=Cc2nc1c(-c1ccccc1)c1ccc([n-]1)c(-c1ccccc1)c1nc(c(N(c3ccccc3)c3ccccc3)c3ccc([n-]3)c2-c2ccccc2)C=C1.[Zn+2]. The molecule has 0 aliphatic carbocycles. The third kappa shape index (κ3) is 6.40. The Morgan fingerprint density at radius 2 is 0.625 bits per heavy atom. The molecule has 8 aromatic rings. The van der Waals surface area contributed by atoms with E-state index in [1.54, 1.807) is 0 Å². The van der Waals surface area contributed by atoms with Crippen molar-refractivity contribution in [2.45, 2.75) is 0 Å². The van der Waals surface area contributed by atoms with Gasteiger partial charge >= 0.3 is 19.5 Å². The van der Waals surface area contributed by atoms with E-state index in [0.717, 1.165) is 95.3 Å². The van der Waals surface area contributed by atoms with E-state index >= 15 is 0 Å². The van der Waals surface area contributed by atoms with Crippen molar-refractivity contribution >= 4 is 63.4 Å². The molecule has 5 aromatic carbocycles. The van der Waals surface area contributed by atoms with Crippen LogP contribution in [0, 0.1) is 0 Å². The third-order valence-corrected chi connectivity index (χ3v) is 10.0. The van der Waals surface area contributed by atoms with Crippen molar-refractivity contribution in [3.8, 4) is 33.4 Å². The van der Waals surface area contributed by atoms with Crippen molar-refractivity contribution in [1.82, 2.24) is 19.9 Å². The van der Waals surface area contributed by atoms with Crippen LogP contribution in [0.3, 0.4) is 0 Å². The Hall–Kier alpha value is -6.88. The zero-order valence-electron chi connectivity index (χ0n) is 30.5. The van der Waals surface area contributed by atoms with Gasteiger partial charge in [0, 0.05) is 11.4 Å². The number of benzene rings is 5. The van der Waals surface area contributed by atoms with E-state index in [0.29, 0.717) is 0 Å². The van der Waals surface area contributed by atoms with Crippen molar-refractivity contribution in [1.29, 1.82) is 0 Å². The van der Waals surface area contributed by atoms with Crippen LogP contribution in [-0.4, -0.2) is 9.97 Å². The normalized spacial score (nSPS) is 11.6. The van der Waals surface area contributed by atoms with Gasteiger partial charge in [-0.1, -0.05) is 152 Å². The molecule has 3 aromatic heterocycles. The molecule has 5 nitrogen and oxygen atoms in total. The van der Waals surface area contributed by atoms with Gasteiger partial charge in [0.25, 0.3) is 0 Å². The molecule has 0 unspecified atom stereocenters. The summed E-state index contributed by atoms with van der Waals surface area (Å²) in [6, 6.07) is 60.5. The summed E-state index contributed by atoms with van der Waals surface area (Å²) in [5.41, 5.74) is 15.5. The van der Waals surface area contributed by atoms with Crippen molar-refractivity contribution in [2.75, 3.05) is 4.90 Å². The Morgan fingerprint density at radius 3 is 1.02 bits per heavy atom. The maximum absolute atomic E-state index is 5.46. The molecule has 0 radical (unpaired) electrons. The van der Waals surface area contributed by atoms with Crippen LogP contribution in [0.5, 0.6) is 0 Å². The first-order chi connectivity index (χ1) is 27.3. The molecule has 8 bridgehead atoms. The van der Waals surface area contributed by atoms with Crippen molar-refractivity contribution < 1.29 is 19.5 Å². The number of nitrogens with zero attached hydrogens (tertiary/aromatic N) is 5. The molecule has 0 fully saturated rings. The summed E-state index contributed by atoms with van der Waals surface area (Å²) in [5.74, 6) is 0. The third-order valence-electron chi connectivity index (χ3n) is 10.0. The summed E-state index contributed by atoms with van der Waals surface area (Å²) in [7, 11) is 0. The smallest absolute Gasteiger partial charge is 0.657 e. The van der Waals surface area contributed by atoms with Crippen LogP contribution in [-0.2, 0) is 19.5 Å². The summed E-state index contributed by atoms with van der Waals surface area (Å²) in [6.07, 6.45) is 8.42. The number of hydrogen-bond donors (Lipinski definition) is 0. The average Bonchev–Trinajstić information content (AvgIpc) is 4.09. The molecule has 0 spiro atoms. The number of rotatable bonds is 6. The van der Waals surface area contributed by atoms with Gasteiger partial charge in [-0.25, -0.2) is 9.97 Å². The minimum atomic E-state index is 0. The van der Waals surface area contributed by atoms with Gasteiger partial charge in [-0.15, -0.1) is 22.1 Å². The van der Waals surface area contributed by atoms with E-state index in [2.05, 4.69) is 175 Å². The minimum absolute atomic E-state index is 0. The fourth-order valence-electron chi connectivity index (χ4n) is 7.56. The summed E-state index contributed by atoms with van der Waals surface area (Å²) >= 11 is 0. The predicted octanol–water partition coefficient (Wildman–Crippen LogP) is 12.4. The maximum Gasteiger partial charge on any atom is 2.00 e. The Bertz CT molecular complexity index is 2820. The topological polar surface area (TPSA) is 57.2 Å². The molecule has 56 heavy (non-hydrogen) atoms. The van der Waals surface area contributed by atoms with Crippen molar-refractivity contribution in [3.05, 3.63) is 199 Å². The monoisotopic (exact) mass is 767 g/mol. The largest absolute Gasteiger partial charge is 2.00 e. The van der Waals surface area contributed by atoms with Gasteiger partial charge < -0.3 is 14.9 Å². The molecule has 5 heterocycles. The van der Waals surface area contributed by atoms with E-state index in [-0.39, 0.29) is 19.5 Å². The van der Waals surface area contributed by atoms with Crippen LogP contribution in [0.4, 0.5) is 17.1 Å². The first kappa shape index (κ1) is 34.9.